The molecule has 0 aromatic heterocycles. The molecule has 0 fully saturated rings. The molecule has 8 heteroatoms. The normalized spacial score (nSPS) is 12.3. The van der Waals surface area contributed by atoms with Crippen molar-refractivity contribution in [1.82, 2.24) is 5.32 Å². The summed E-state index contributed by atoms with van der Waals surface area (Å²) in [6.45, 7) is 6.61. The maximum Gasteiger partial charge on any atom is 0.408 e. The zero-order valence-corrected chi connectivity index (χ0v) is 13.5. The molecule has 1 amide bonds. The SMILES string of the molecule is Cc1ccc([C@@H](CC(=O)O)NC(=O)OC(C)(C)C)cc1[N+](=O)[O-]. The number of alkyl carbamates (subject to hydrolysis) is 1. The fourth-order valence-electron chi connectivity index (χ4n) is 1.92. The molecule has 0 saturated carbocycles. The number of carboxylic acid groups (broad SMARTS) is 1. The lowest BCUT2D eigenvalue weighted by Crippen LogP contribution is -2.35. The first-order valence-electron chi connectivity index (χ1n) is 6.96. The van der Waals surface area contributed by atoms with Gasteiger partial charge in [-0.05, 0) is 33.3 Å². The monoisotopic (exact) mass is 324 g/mol. The van der Waals surface area contributed by atoms with Crippen molar-refractivity contribution in [3.8, 4) is 0 Å². The van der Waals surface area contributed by atoms with Crippen LogP contribution in [0.15, 0.2) is 18.2 Å². The first-order valence-corrected chi connectivity index (χ1v) is 6.96. The average molecular weight is 324 g/mol. The van der Waals surface area contributed by atoms with Gasteiger partial charge in [-0.3, -0.25) is 14.9 Å². The van der Waals surface area contributed by atoms with E-state index < -0.39 is 35.0 Å². The van der Waals surface area contributed by atoms with Crippen LogP contribution in [0.2, 0.25) is 0 Å². The number of hydrogen-bond donors (Lipinski definition) is 2. The Morgan fingerprint density at radius 1 is 1.39 bits per heavy atom. The van der Waals surface area contributed by atoms with Crippen LogP contribution in [-0.4, -0.2) is 27.7 Å². The fraction of sp³-hybridized carbons (Fsp3) is 0.467. The van der Waals surface area contributed by atoms with Gasteiger partial charge in [0.15, 0.2) is 0 Å². The summed E-state index contributed by atoms with van der Waals surface area (Å²) in [7, 11) is 0. The highest BCUT2D eigenvalue weighted by atomic mass is 16.6. The van der Waals surface area contributed by atoms with Gasteiger partial charge in [-0.25, -0.2) is 4.79 Å². The van der Waals surface area contributed by atoms with Crippen LogP contribution < -0.4 is 5.32 Å². The van der Waals surface area contributed by atoms with E-state index in [4.69, 9.17) is 9.84 Å². The van der Waals surface area contributed by atoms with Crippen molar-refractivity contribution >= 4 is 17.7 Å². The van der Waals surface area contributed by atoms with Crippen LogP contribution in [0.1, 0.15) is 44.4 Å². The van der Waals surface area contributed by atoms with E-state index in [0.29, 0.717) is 11.1 Å². The summed E-state index contributed by atoms with van der Waals surface area (Å²) in [5, 5.41) is 22.4. The van der Waals surface area contributed by atoms with Gasteiger partial charge in [-0.2, -0.15) is 0 Å². The smallest absolute Gasteiger partial charge is 0.408 e. The third kappa shape index (κ3) is 5.93. The topological polar surface area (TPSA) is 119 Å². The summed E-state index contributed by atoms with van der Waals surface area (Å²) in [5.41, 5.74) is -0.0959. The van der Waals surface area contributed by atoms with Gasteiger partial charge < -0.3 is 15.2 Å². The second kappa shape index (κ2) is 7.08. The molecule has 2 N–H and O–H groups in total. The zero-order chi connectivity index (χ0) is 17.8. The first-order chi connectivity index (χ1) is 10.5. The molecule has 1 aromatic rings. The first kappa shape index (κ1) is 18.4. The highest BCUT2D eigenvalue weighted by molar-refractivity contribution is 5.72. The van der Waals surface area contributed by atoms with E-state index in [1.54, 1.807) is 33.8 Å². The molecule has 0 radical (unpaired) electrons. The molecule has 1 atom stereocenters. The van der Waals surface area contributed by atoms with Crippen molar-refractivity contribution < 1.29 is 24.4 Å². The van der Waals surface area contributed by atoms with Crippen LogP contribution >= 0.6 is 0 Å². The van der Waals surface area contributed by atoms with E-state index in [1.807, 2.05) is 0 Å². The van der Waals surface area contributed by atoms with Crippen LogP contribution in [0.4, 0.5) is 10.5 Å². The standard InChI is InChI=1S/C15H20N2O6/c1-9-5-6-10(7-12(9)17(21)22)11(8-13(18)19)16-14(20)23-15(2,3)4/h5-7,11H,8H2,1-4H3,(H,16,20)(H,18,19)/t11-/m1/s1. The lowest BCUT2D eigenvalue weighted by molar-refractivity contribution is -0.385. The maximum absolute atomic E-state index is 11.8. The predicted octanol–water partition coefficient (Wildman–Crippen LogP) is 2.94. The molecule has 0 aliphatic heterocycles. The minimum Gasteiger partial charge on any atom is -0.481 e. The molecule has 23 heavy (non-hydrogen) atoms. The number of hydrogen-bond acceptors (Lipinski definition) is 5. The van der Waals surface area contributed by atoms with Crippen molar-refractivity contribution in [2.45, 2.75) is 45.8 Å². The van der Waals surface area contributed by atoms with E-state index in [-0.39, 0.29) is 5.69 Å². The number of carbonyl (C=O) groups is 2. The lowest BCUT2D eigenvalue weighted by atomic mass is 10.0. The van der Waals surface area contributed by atoms with Crippen molar-refractivity contribution in [1.29, 1.82) is 0 Å². The Bertz CT molecular complexity index is 621. The van der Waals surface area contributed by atoms with Crippen LogP contribution in [0.5, 0.6) is 0 Å². The molecular weight excluding hydrogens is 304 g/mol. The summed E-state index contributed by atoms with van der Waals surface area (Å²) >= 11 is 0. The number of aliphatic carboxylic acids is 1. The van der Waals surface area contributed by atoms with Crippen molar-refractivity contribution in [3.05, 3.63) is 39.4 Å². The van der Waals surface area contributed by atoms with Crippen molar-refractivity contribution in [2.24, 2.45) is 0 Å². The van der Waals surface area contributed by atoms with E-state index in [0.717, 1.165) is 0 Å². The second-order valence-electron chi connectivity index (χ2n) is 6.10. The summed E-state index contributed by atoms with van der Waals surface area (Å²) in [6, 6.07) is 3.40. The van der Waals surface area contributed by atoms with Crippen LogP contribution in [0, 0.1) is 17.0 Å². The van der Waals surface area contributed by atoms with Gasteiger partial charge in [0.2, 0.25) is 0 Å². The number of nitro benzene ring substituents is 1. The van der Waals surface area contributed by atoms with E-state index in [9.17, 15) is 19.7 Å². The van der Waals surface area contributed by atoms with Gasteiger partial charge in [-0.15, -0.1) is 0 Å². The minimum atomic E-state index is -1.14. The van der Waals surface area contributed by atoms with Crippen molar-refractivity contribution in [2.75, 3.05) is 0 Å². The van der Waals surface area contributed by atoms with Gasteiger partial charge in [0.25, 0.3) is 5.69 Å². The van der Waals surface area contributed by atoms with Crippen LogP contribution in [0.3, 0.4) is 0 Å². The van der Waals surface area contributed by atoms with Crippen molar-refractivity contribution in [3.63, 3.8) is 0 Å². The number of carboxylic acids is 1. The molecule has 1 aromatic carbocycles. The Labute approximate surface area is 133 Å². The van der Waals surface area contributed by atoms with E-state index in [2.05, 4.69) is 5.32 Å². The summed E-state index contributed by atoms with van der Waals surface area (Å²) < 4.78 is 5.10. The third-order valence-electron chi connectivity index (χ3n) is 2.90. The van der Waals surface area contributed by atoms with Gasteiger partial charge >= 0.3 is 12.1 Å². The highest BCUT2D eigenvalue weighted by Gasteiger charge is 2.24. The quantitative estimate of drug-likeness (QED) is 0.635. The molecular formula is C15H20N2O6. The van der Waals surface area contributed by atoms with E-state index in [1.165, 1.54) is 12.1 Å². The Morgan fingerprint density at radius 2 is 2.00 bits per heavy atom. The molecule has 0 saturated heterocycles. The average Bonchev–Trinajstić information content (AvgIpc) is 2.35. The Morgan fingerprint density at radius 3 is 2.48 bits per heavy atom. The molecule has 0 heterocycles. The largest absolute Gasteiger partial charge is 0.481 e. The maximum atomic E-state index is 11.8. The number of carbonyl (C=O) groups excluding carboxylic acids is 1. The number of benzene rings is 1. The summed E-state index contributed by atoms with van der Waals surface area (Å²) in [5.74, 6) is -1.14. The third-order valence-corrected chi connectivity index (χ3v) is 2.90. The van der Waals surface area contributed by atoms with Gasteiger partial charge in [0, 0.05) is 11.6 Å². The molecule has 0 aliphatic rings. The van der Waals surface area contributed by atoms with E-state index >= 15 is 0 Å². The fourth-order valence-corrected chi connectivity index (χ4v) is 1.92. The highest BCUT2D eigenvalue weighted by Crippen LogP contribution is 2.25. The summed E-state index contributed by atoms with van der Waals surface area (Å²) in [4.78, 5) is 33.3. The number of nitrogens with one attached hydrogen (secondary N) is 1. The number of nitrogens with zero attached hydrogens (tertiary/aromatic N) is 1. The minimum absolute atomic E-state index is 0.135. The van der Waals surface area contributed by atoms with Gasteiger partial charge in [0.1, 0.15) is 5.60 Å². The zero-order valence-electron chi connectivity index (χ0n) is 13.5. The Kier molecular flexibility index (Phi) is 5.67. The number of aryl methyl sites for hydroxylation is 1. The number of ether oxygens (including phenoxy) is 1. The molecule has 1 rings (SSSR count). The second-order valence-corrected chi connectivity index (χ2v) is 6.10. The molecule has 8 nitrogen and oxygen atoms in total. The Hall–Kier alpha value is -2.64. The van der Waals surface area contributed by atoms with Crippen LogP contribution in [-0.2, 0) is 9.53 Å². The molecule has 126 valence electrons. The molecule has 0 unspecified atom stereocenters. The number of nitro groups is 1. The van der Waals surface area contributed by atoms with Crippen LogP contribution in [0.25, 0.3) is 0 Å². The summed E-state index contributed by atoms with van der Waals surface area (Å²) in [6.07, 6.45) is -1.20. The molecule has 0 spiro atoms. The van der Waals surface area contributed by atoms with Gasteiger partial charge in [0.05, 0.1) is 17.4 Å². The number of rotatable bonds is 5. The molecule has 0 bridgehead atoms. The predicted molar refractivity (Wildman–Crippen MR) is 82.2 cm³/mol. The number of amides is 1. The lowest BCUT2D eigenvalue weighted by Gasteiger charge is -2.23. The molecule has 0 aliphatic carbocycles. The van der Waals surface area contributed by atoms with Gasteiger partial charge in [-0.1, -0.05) is 12.1 Å². The Balaban J connectivity index is 3.07.